The minimum Gasteiger partial charge on any atom is -0.293 e. The number of rotatable bonds is 3. The van der Waals surface area contributed by atoms with Gasteiger partial charge in [0.15, 0.2) is 0 Å². The Morgan fingerprint density at radius 2 is 1.67 bits per heavy atom. The molecule has 2 aromatic carbocycles. The van der Waals surface area contributed by atoms with Crippen molar-refractivity contribution < 1.29 is 21.6 Å². The van der Waals surface area contributed by atoms with Gasteiger partial charge < -0.3 is 0 Å². The highest BCUT2D eigenvalue weighted by atomic mass is 32.2. The van der Waals surface area contributed by atoms with Crippen LogP contribution in [0.3, 0.4) is 0 Å². The van der Waals surface area contributed by atoms with Gasteiger partial charge in [0.2, 0.25) is 10.0 Å². The van der Waals surface area contributed by atoms with Crippen molar-refractivity contribution in [1.82, 2.24) is 9.21 Å². The Bertz CT molecular complexity index is 953. The van der Waals surface area contributed by atoms with Crippen molar-refractivity contribution in [2.45, 2.75) is 30.1 Å². The summed E-state index contributed by atoms with van der Waals surface area (Å²) in [5.41, 5.74) is 1.62. The molecule has 0 amide bonds. The summed E-state index contributed by atoms with van der Waals surface area (Å²) in [6.07, 6.45) is -3.64. The van der Waals surface area contributed by atoms with Crippen molar-refractivity contribution in [3.63, 3.8) is 0 Å². The smallest absolute Gasteiger partial charge is 0.293 e. The number of hydrogen-bond acceptors (Lipinski definition) is 3. The second kappa shape index (κ2) is 6.61. The van der Waals surface area contributed by atoms with E-state index in [2.05, 4.69) is 17.0 Å². The first kappa shape index (κ1) is 18.5. The van der Waals surface area contributed by atoms with Gasteiger partial charge in [0.1, 0.15) is 0 Å². The molecule has 0 atom stereocenters. The van der Waals surface area contributed by atoms with Gasteiger partial charge in [0.25, 0.3) is 0 Å². The van der Waals surface area contributed by atoms with E-state index in [9.17, 15) is 21.6 Å². The van der Waals surface area contributed by atoms with Crippen LogP contribution in [0.5, 0.6) is 0 Å². The zero-order chi connectivity index (χ0) is 19.2. The van der Waals surface area contributed by atoms with E-state index >= 15 is 0 Å². The number of sulfonamides is 1. The van der Waals surface area contributed by atoms with Gasteiger partial charge in [-0.05, 0) is 35.7 Å². The molecule has 0 saturated carbocycles. The molecule has 4 nitrogen and oxygen atoms in total. The van der Waals surface area contributed by atoms with E-state index in [1.54, 1.807) is 0 Å². The van der Waals surface area contributed by atoms with E-state index in [1.807, 2.05) is 12.1 Å². The number of benzene rings is 2. The van der Waals surface area contributed by atoms with Crippen molar-refractivity contribution in [1.29, 1.82) is 0 Å². The molecular formula is C19H19F3N2O2S. The Balaban J connectivity index is 1.45. The molecule has 1 saturated heterocycles. The summed E-state index contributed by atoms with van der Waals surface area (Å²) in [7, 11) is -3.91. The maximum absolute atomic E-state index is 12.9. The fourth-order valence-corrected chi connectivity index (χ4v) is 5.22. The molecule has 0 unspecified atom stereocenters. The highest BCUT2D eigenvalue weighted by Gasteiger charge is 2.41. The quantitative estimate of drug-likeness (QED) is 0.801. The number of halogens is 3. The third-order valence-electron chi connectivity index (χ3n) is 5.30. The van der Waals surface area contributed by atoms with Crippen LogP contribution in [-0.4, -0.2) is 43.3 Å². The van der Waals surface area contributed by atoms with Gasteiger partial charge in [-0.15, -0.1) is 0 Å². The highest BCUT2D eigenvalue weighted by Crippen LogP contribution is 2.33. The Kier molecular flexibility index (Phi) is 4.52. The molecular weight excluding hydrogens is 377 g/mol. The van der Waals surface area contributed by atoms with Crippen LogP contribution in [0, 0.1) is 0 Å². The Hall–Kier alpha value is -1.90. The van der Waals surface area contributed by atoms with Crippen LogP contribution in [0.25, 0.3) is 0 Å². The lowest BCUT2D eigenvalue weighted by Gasteiger charge is -2.46. The van der Waals surface area contributed by atoms with Gasteiger partial charge in [0.05, 0.1) is 10.5 Å². The average Bonchev–Trinajstić information content (AvgIpc) is 2.59. The van der Waals surface area contributed by atoms with Crippen molar-refractivity contribution in [2.75, 3.05) is 19.6 Å². The van der Waals surface area contributed by atoms with Gasteiger partial charge in [-0.2, -0.15) is 17.5 Å². The van der Waals surface area contributed by atoms with E-state index in [0.717, 1.165) is 31.6 Å². The summed E-state index contributed by atoms with van der Waals surface area (Å²) >= 11 is 0. The van der Waals surface area contributed by atoms with E-state index in [0.29, 0.717) is 19.2 Å². The lowest BCUT2D eigenvalue weighted by Crippen LogP contribution is -2.61. The van der Waals surface area contributed by atoms with Gasteiger partial charge in [0, 0.05) is 32.2 Å². The molecule has 0 bridgehead atoms. The van der Waals surface area contributed by atoms with Crippen LogP contribution in [0.2, 0.25) is 0 Å². The molecule has 8 heteroatoms. The van der Waals surface area contributed by atoms with E-state index in [4.69, 9.17) is 0 Å². The monoisotopic (exact) mass is 396 g/mol. The zero-order valence-electron chi connectivity index (χ0n) is 14.5. The summed E-state index contributed by atoms with van der Waals surface area (Å²) in [5, 5.41) is 0. The topological polar surface area (TPSA) is 40.6 Å². The molecule has 2 aliphatic heterocycles. The summed E-state index contributed by atoms with van der Waals surface area (Å²) in [6.45, 7) is 2.25. The standard InChI is InChI=1S/C19H19F3N2O2S/c20-19(21,22)16-6-3-7-18(10-16)27(25,26)24-12-17(13-24)23-9-8-14-4-1-2-5-15(14)11-23/h1-7,10,17H,8-9,11-13H2. The summed E-state index contributed by atoms with van der Waals surface area (Å²) < 4.78 is 65.2. The van der Waals surface area contributed by atoms with Gasteiger partial charge >= 0.3 is 6.18 Å². The first-order chi connectivity index (χ1) is 12.7. The molecule has 144 valence electrons. The normalized spacial score (nSPS) is 19.5. The van der Waals surface area contributed by atoms with Crippen molar-refractivity contribution in [3.05, 3.63) is 65.2 Å². The summed E-state index contributed by atoms with van der Waals surface area (Å²) in [5.74, 6) is 0. The molecule has 2 aliphatic rings. The number of fused-ring (bicyclic) bond motifs is 1. The van der Waals surface area contributed by atoms with Crippen LogP contribution in [0.4, 0.5) is 13.2 Å². The van der Waals surface area contributed by atoms with Crippen LogP contribution in [0.15, 0.2) is 53.4 Å². The van der Waals surface area contributed by atoms with Crippen molar-refractivity contribution >= 4 is 10.0 Å². The van der Waals surface area contributed by atoms with Crippen molar-refractivity contribution in [3.8, 4) is 0 Å². The Morgan fingerprint density at radius 3 is 2.37 bits per heavy atom. The molecule has 2 aromatic rings. The second-order valence-corrected chi connectivity index (χ2v) is 8.93. The third kappa shape index (κ3) is 3.49. The summed E-state index contributed by atoms with van der Waals surface area (Å²) in [4.78, 5) is 1.94. The number of hydrogen-bond donors (Lipinski definition) is 0. The molecule has 0 aliphatic carbocycles. The van der Waals surface area contributed by atoms with Gasteiger partial charge in [-0.25, -0.2) is 8.42 Å². The predicted octanol–water partition coefficient (Wildman–Crippen LogP) is 3.14. The summed E-state index contributed by atoms with van der Waals surface area (Å²) in [6, 6.07) is 12.2. The second-order valence-electron chi connectivity index (χ2n) is 6.99. The molecule has 0 aromatic heterocycles. The molecule has 0 spiro atoms. The van der Waals surface area contributed by atoms with Crippen LogP contribution in [-0.2, 0) is 29.2 Å². The maximum Gasteiger partial charge on any atom is 0.416 e. The minimum absolute atomic E-state index is 0.0962. The first-order valence-corrected chi connectivity index (χ1v) is 10.2. The van der Waals surface area contributed by atoms with E-state index in [-0.39, 0.29) is 10.9 Å². The third-order valence-corrected chi connectivity index (χ3v) is 7.13. The highest BCUT2D eigenvalue weighted by molar-refractivity contribution is 7.89. The molecule has 2 heterocycles. The molecule has 0 N–H and O–H groups in total. The fraction of sp³-hybridized carbons (Fsp3) is 0.368. The van der Waals surface area contributed by atoms with E-state index < -0.39 is 21.8 Å². The average molecular weight is 396 g/mol. The number of nitrogens with zero attached hydrogens (tertiary/aromatic N) is 2. The maximum atomic E-state index is 12.9. The van der Waals surface area contributed by atoms with Crippen LogP contribution in [0.1, 0.15) is 16.7 Å². The minimum atomic E-state index is -4.57. The molecule has 27 heavy (non-hydrogen) atoms. The van der Waals surface area contributed by atoms with E-state index in [1.165, 1.54) is 21.5 Å². The van der Waals surface area contributed by atoms with Crippen LogP contribution < -0.4 is 0 Å². The van der Waals surface area contributed by atoms with Gasteiger partial charge in [-0.3, -0.25) is 4.90 Å². The van der Waals surface area contributed by atoms with Crippen molar-refractivity contribution in [2.24, 2.45) is 0 Å². The zero-order valence-corrected chi connectivity index (χ0v) is 15.3. The first-order valence-electron chi connectivity index (χ1n) is 8.73. The molecule has 0 radical (unpaired) electrons. The lowest BCUT2D eigenvalue weighted by atomic mass is 9.97. The fourth-order valence-electron chi connectivity index (χ4n) is 3.66. The largest absolute Gasteiger partial charge is 0.416 e. The van der Waals surface area contributed by atoms with Gasteiger partial charge in [-0.1, -0.05) is 30.3 Å². The molecule has 4 rings (SSSR count). The Labute approximate surface area is 156 Å². The number of alkyl halides is 3. The molecule has 1 fully saturated rings. The van der Waals surface area contributed by atoms with Crippen LogP contribution >= 0.6 is 0 Å². The SMILES string of the molecule is O=S(=O)(c1cccc(C(F)(F)F)c1)N1CC(N2CCc3ccccc3C2)C1. The Morgan fingerprint density at radius 1 is 0.963 bits per heavy atom. The lowest BCUT2D eigenvalue weighted by molar-refractivity contribution is -0.137. The predicted molar refractivity (Wildman–Crippen MR) is 94.5 cm³/mol.